The van der Waals surface area contributed by atoms with Crippen LogP contribution in [0.3, 0.4) is 0 Å². The Morgan fingerprint density at radius 3 is 2.56 bits per heavy atom. The topological polar surface area (TPSA) is 12.9 Å². The summed E-state index contributed by atoms with van der Waals surface area (Å²) in [5.74, 6) is 1.21. The van der Waals surface area contributed by atoms with Crippen LogP contribution < -0.4 is 24.0 Å². The van der Waals surface area contributed by atoms with Gasteiger partial charge in [0, 0.05) is 17.4 Å². The maximum atomic E-state index is 4.14. The highest BCUT2D eigenvalue weighted by molar-refractivity contribution is 7.28. The molecule has 1 unspecified atom stereocenters. The number of rotatable bonds is 1. The Hall–Kier alpha value is 0.360. The first kappa shape index (κ1) is 9.36. The van der Waals surface area contributed by atoms with E-state index in [0.29, 0.717) is 10.5 Å². The van der Waals surface area contributed by atoms with E-state index in [0.717, 1.165) is 0 Å². The molecule has 9 heavy (non-hydrogen) atoms. The molecule has 52 valence electrons. The second-order valence-corrected chi connectivity index (χ2v) is 3.95. The zero-order valence-electron chi connectivity index (χ0n) is 5.60. The summed E-state index contributed by atoms with van der Waals surface area (Å²) in [6, 6.07) is 0. The smallest absolute Gasteiger partial charge is 0.238 e. The molecule has 0 aliphatic rings. The fourth-order valence-corrected chi connectivity index (χ4v) is 1.89. The molecule has 0 amide bonds. The molecule has 1 nitrogen and oxygen atoms in total. The van der Waals surface area contributed by atoms with Gasteiger partial charge in [-0.15, -0.1) is 0 Å². The zero-order chi connectivity index (χ0) is 5.98. The molecule has 1 aromatic heterocycles. The molecule has 1 aromatic rings. The minimum Gasteiger partial charge on any atom is -1.00 e. The van der Waals surface area contributed by atoms with Crippen LogP contribution in [0.15, 0.2) is 11.6 Å². The summed E-state index contributed by atoms with van der Waals surface area (Å²) in [7, 11) is 0.390. The second kappa shape index (κ2) is 4.22. The predicted octanol–water partition coefficient (Wildman–Crippen LogP) is -0.837. The SMILES string of the molecule is CC[s+]1ccnc1C.[I-]. The third kappa shape index (κ3) is 2.21. The molecule has 0 aliphatic carbocycles. The lowest BCUT2D eigenvalue weighted by atomic mass is 10.8. The van der Waals surface area contributed by atoms with E-state index in [-0.39, 0.29) is 24.0 Å². The van der Waals surface area contributed by atoms with Gasteiger partial charge in [0.25, 0.3) is 0 Å². The number of aromatic nitrogens is 1. The normalized spacial score (nSPS) is 10.7. The highest BCUT2D eigenvalue weighted by Crippen LogP contribution is 2.20. The highest BCUT2D eigenvalue weighted by Gasteiger charge is 2.04. The number of hydrogen-bond acceptors (Lipinski definition) is 1. The van der Waals surface area contributed by atoms with Gasteiger partial charge in [-0.05, 0) is 6.92 Å². The van der Waals surface area contributed by atoms with Crippen LogP contribution in [-0.4, -0.2) is 4.98 Å². The number of hydrogen-bond donors (Lipinski definition) is 0. The third-order valence-electron chi connectivity index (χ3n) is 1.17. The highest BCUT2D eigenvalue weighted by atomic mass is 127. The minimum absolute atomic E-state index is 0. The van der Waals surface area contributed by atoms with Gasteiger partial charge < -0.3 is 24.0 Å². The van der Waals surface area contributed by atoms with Gasteiger partial charge in [-0.2, -0.15) is 0 Å². The van der Waals surface area contributed by atoms with Crippen molar-refractivity contribution >= 4 is 10.5 Å². The van der Waals surface area contributed by atoms with Crippen molar-refractivity contribution in [1.82, 2.24) is 4.98 Å². The van der Waals surface area contributed by atoms with Gasteiger partial charge in [0.1, 0.15) is 5.75 Å². The van der Waals surface area contributed by atoms with E-state index in [2.05, 4.69) is 24.2 Å². The molecule has 0 saturated heterocycles. The zero-order valence-corrected chi connectivity index (χ0v) is 8.57. The van der Waals surface area contributed by atoms with Crippen LogP contribution in [0.5, 0.6) is 0 Å². The van der Waals surface area contributed by atoms with E-state index in [4.69, 9.17) is 0 Å². The molecule has 0 aromatic carbocycles. The van der Waals surface area contributed by atoms with E-state index >= 15 is 0 Å². The molecule has 0 fully saturated rings. The van der Waals surface area contributed by atoms with Gasteiger partial charge in [-0.25, -0.2) is 4.98 Å². The Bertz CT molecular complexity index is 173. The van der Waals surface area contributed by atoms with Crippen LogP contribution in [0.4, 0.5) is 0 Å². The summed E-state index contributed by atoms with van der Waals surface area (Å²) in [5.41, 5.74) is 0. The standard InChI is InChI=1S/C6H10NS.HI/c1-3-8-5-4-7-6(8)2;/h4-5H,3H2,1-2H3;1H/q+1;/p-1. The Kier molecular flexibility index (Phi) is 4.39. The fourth-order valence-electron chi connectivity index (χ4n) is 0.680. The van der Waals surface area contributed by atoms with Crippen LogP contribution in [0.25, 0.3) is 0 Å². The predicted molar refractivity (Wildman–Crippen MR) is 37.1 cm³/mol. The van der Waals surface area contributed by atoms with Gasteiger partial charge in [-0.3, -0.25) is 0 Å². The number of aryl methyl sites for hydroxylation is 2. The fraction of sp³-hybridized carbons (Fsp3) is 0.500. The molecule has 1 rings (SSSR count). The van der Waals surface area contributed by atoms with Gasteiger partial charge in [0.05, 0.1) is 6.20 Å². The average molecular weight is 255 g/mol. The summed E-state index contributed by atoms with van der Waals surface area (Å²) in [4.78, 5) is 4.14. The minimum atomic E-state index is 0. The van der Waals surface area contributed by atoms with Crippen molar-refractivity contribution in [2.45, 2.75) is 19.6 Å². The largest absolute Gasteiger partial charge is 1.00 e. The molecule has 0 spiro atoms. The van der Waals surface area contributed by atoms with E-state index in [1.165, 1.54) is 10.8 Å². The summed E-state index contributed by atoms with van der Waals surface area (Å²) in [6.07, 6.45) is 1.90. The number of nitrogens with zero attached hydrogens (tertiary/aromatic N) is 1. The molecule has 0 radical (unpaired) electrons. The molecule has 0 saturated carbocycles. The van der Waals surface area contributed by atoms with Gasteiger partial charge in [0.15, 0.2) is 5.38 Å². The lowest BCUT2D eigenvalue weighted by Gasteiger charge is -1.76. The maximum absolute atomic E-state index is 4.14. The van der Waals surface area contributed by atoms with Crippen LogP contribution >= 0.6 is 10.5 Å². The lowest BCUT2D eigenvalue weighted by molar-refractivity contribution is -0.00000184. The molecule has 0 bridgehead atoms. The van der Waals surface area contributed by atoms with Crippen molar-refractivity contribution in [3.05, 3.63) is 16.6 Å². The molecule has 0 N–H and O–H groups in total. The molecule has 3 heteroatoms. The van der Waals surface area contributed by atoms with E-state index < -0.39 is 0 Å². The summed E-state index contributed by atoms with van der Waals surface area (Å²) in [5, 5.41) is 3.46. The van der Waals surface area contributed by atoms with Crippen molar-refractivity contribution in [1.29, 1.82) is 0 Å². The first-order valence-corrected chi connectivity index (χ1v) is 4.21. The maximum Gasteiger partial charge on any atom is 0.238 e. The average Bonchev–Trinajstić information content (AvgIpc) is 2.14. The summed E-state index contributed by atoms with van der Waals surface area (Å²) in [6.45, 7) is 4.28. The van der Waals surface area contributed by atoms with E-state index in [1.807, 2.05) is 6.20 Å². The van der Waals surface area contributed by atoms with Crippen LogP contribution in [0, 0.1) is 6.92 Å². The van der Waals surface area contributed by atoms with Crippen molar-refractivity contribution in [3.8, 4) is 0 Å². The van der Waals surface area contributed by atoms with Gasteiger partial charge in [0.2, 0.25) is 5.01 Å². The molecule has 1 atom stereocenters. The van der Waals surface area contributed by atoms with Gasteiger partial charge in [-0.1, -0.05) is 0 Å². The lowest BCUT2D eigenvalue weighted by Crippen LogP contribution is -3.00. The third-order valence-corrected chi connectivity index (χ3v) is 3.11. The van der Waals surface area contributed by atoms with Crippen molar-refractivity contribution in [3.63, 3.8) is 0 Å². The Morgan fingerprint density at radius 2 is 2.33 bits per heavy atom. The molecule has 1 heterocycles. The van der Waals surface area contributed by atoms with Crippen molar-refractivity contribution in [2.75, 3.05) is 0 Å². The Morgan fingerprint density at radius 1 is 1.67 bits per heavy atom. The van der Waals surface area contributed by atoms with Crippen molar-refractivity contribution in [2.24, 2.45) is 0 Å². The Labute approximate surface area is 75.5 Å². The quantitative estimate of drug-likeness (QED) is 0.471. The Balaban J connectivity index is 0.000000640. The number of thiazole rings is 1. The summed E-state index contributed by atoms with van der Waals surface area (Å²) >= 11 is 0. The summed E-state index contributed by atoms with van der Waals surface area (Å²) < 4.78 is 0. The molecular weight excluding hydrogens is 245 g/mol. The first-order chi connectivity index (χ1) is 3.84. The van der Waals surface area contributed by atoms with Crippen molar-refractivity contribution < 1.29 is 24.0 Å². The van der Waals surface area contributed by atoms with E-state index in [1.54, 1.807) is 0 Å². The monoisotopic (exact) mass is 255 g/mol. The molecule has 0 aliphatic heterocycles. The van der Waals surface area contributed by atoms with Crippen LogP contribution in [0.1, 0.15) is 11.9 Å². The first-order valence-electron chi connectivity index (χ1n) is 2.75. The second-order valence-electron chi connectivity index (χ2n) is 1.65. The molecular formula is C6H10INS. The number of halogens is 1. The van der Waals surface area contributed by atoms with Crippen LogP contribution in [-0.2, 0) is 5.75 Å². The van der Waals surface area contributed by atoms with Gasteiger partial charge >= 0.3 is 0 Å². The van der Waals surface area contributed by atoms with Crippen LogP contribution in [0.2, 0.25) is 0 Å². The van der Waals surface area contributed by atoms with E-state index in [9.17, 15) is 0 Å².